The molecule has 1 amide bonds. The Labute approximate surface area is 169 Å². The van der Waals surface area contributed by atoms with Crippen molar-refractivity contribution < 1.29 is 9.53 Å². The summed E-state index contributed by atoms with van der Waals surface area (Å²) >= 11 is 6.10. The molecule has 0 unspecified atom stereocenters. The van der Waals surface area contributed by atoms with E-state index in [1.807, 2.05) is 18.2 Å². The third kappa shape index (κ3) is 3.47. The van der Waals surface area contributed by atoms with Gasteiger partial charge in [0.2, 0.25) is 0 Å². The van der Waals surface area contributed by atoms with Crippen LogP contribution < -0.4 is 4.74 Å². The quantitative estimate of drug-likeness (QED) is 0.602. The summed E-state index contributed by atoms with van der Waals surface area (Å²) in [7, 11) is 3.35. The molecular formula is C22H24ClN3O2. The molecule has 2 aromatic carbocycles. The first-order chi connectivity index (χ1) is 13.6. The number of aromatic nitrogens is 2. The Kier molecular flexibility index (Phi) is 5.27. The minimum atomic E-state index is -0.135. The fourth-order valence-corrected chi connectivity index (χ4v) is 4.28. The van der Waals surface area contributed by atoms with Gasteiger partial charge in [0, 0.05) is 18.1 Å². The highest BCUT2D eigenvalue weighted by atomic mass is 35.5. The number of benzene rings is 2. The number of hydrogen-bond donors (Lipinski definition) is 0. The van der Waals surface area contributed by atoms with Gasteiger partial charge >= 0.3 is 0 Å². The Bertz CT molecular complexity index is 1010. The molecule has 0 atom stereocenters. The molecule has 0 radical (unpaired) electrons. The molecular weight excluding hydrogens is 374 g/mol. The standard InChI is InChI=1S/C22H24ClN3O2/c1-25(22(27)17-13-15(23)11-12-20(17)28-2)14-21-24-18-9-5-6-10-19(18)26(21)16-7-3-4-8-16/h5-6,9-13,16H,3-4,7-8,14H2,1-2H3. The van der Waals surface area contributed by atoms with E-state index in [0.717, 1.165) is 29.7 Å². The predicted molar refractivity (Wildman–Crippen MR) is 111 cm³/mol. The van der Waals surface area contributed by atoms with Crippen LogP contribution in [0.1, 0.15) is 47.9 Å². The van der Waals surface area contributed by atoms with Gasteiger partial charge in [-0.25, -0.2) is 4.98 Å². The van der Waals surface area contributed by atoms with Gasteiger partial charge in [0.15, 0.2) is 0 Å². The Morgan fingerprint density at radius 3 is 2.75 bits per heavy atom. The summed E-state index contributed by atoms with van der Waals surface area (Å²) in [4.78, 5) is 19.6. The molecule has 1 fully saturated rings. The molecule has 0 saturated heterocycles. The number of rotatable bonds is 5. The molecule has 1 aromatic heterocycles. The highest BCUT2D eigenvalue weighted by Gasteiger charge is 2.25. The number of carbonyl (C=O) groups excluding carboxylic acids is 1. The molecule has 28 heavy (non-hydrogen) atoms. The smallest absolute Gasteiger partial charge is 0.257 e. The first kappa shape index (κ1) is 18.8. The van der Waals surface area contributed by atoms with Gasteiger partial charge in [-0.15, -0.1) is 0 Å². The van der Waals surface area contributed by atoms with Gasteiger partial charge in [-0.05, 0) is 43.2 Å². The van der Waals surface area contributed by atoms with E-state index in [1.165, 1.54) is 12.8 Å². The number of nitrogens with zero attached hydrogens (tertiary/aromatic N) is 3. The molecule has 3 aromatic rings. The summed E-state index contributed by atoms with van der Waals surface area (Å²) in [6, 6.07) is 13.7. The number of methoxy groups -OCH3 is 1. The minimum absolute atomic E-state index is 0.135. The Morgan fingerprint density at radius 1 is 1.25 bits per heavy atom. The van der Waals surface area contributed by atoms with E-state index in [9.17, 15) is 4.79 Å². The number of halogens is 1. The van der Waals surface area contributed by atoms with Crippen molar-refractivity contribution in [1.29, 1.82) is 0 Å². The summed E-state index contributed by atoms with van der Waals surface area (Å²) in [5, 5.41) is 0.510. The zero-order valence-electron chi connectivity index (χ0n) is 16.2. The molecule has 4 rings (SSSR count). The molecule has 6 heteroatoms. The monoisotopic (exact) mass is 397 g/mol. The van der Waals surface area contributed by atoms with Gasteiger partial charge < -0.3 is 14.2 Å². The summed E-state index contributed by atoms with van der Waals surface area (Å²) in [5.41, 5.74) is 2.58. The van der Waals surface area contributed by atoms with Crippen LogP contribution >= 0.6 is 11.6 Å². The van der Waals surface area contributed by atoms with Crippen molar-refractivity contribution in [3.63, 3.8) is 0 Å². The maximum Gasteiger partial charge on any atom is 0.257 e. The lowest BCUT2D eigenvalue weighted by molar-refractivity contribution is 0.0776. The van der Waals surface area contributed by atoms with Crippen LogP contribution in [0.15, 0.2) is 42.5 Å². The number of amides is 1. The maximum atomic E-state index is 13.1. The van der Waals surface area contributed by atoms with Crippen molar-refractivity contribution in [3.8, 4) is 5.75 Å². The van der Waals surface area contributed by atoms with Crippen LogP contribution in [0.25, 0.3) is 11.0 Å². The van der Waals surface area contributed by atoms with Crippen molar-refractivity contribution in [2.24, 2.45) is 0 Å². The minimum Gasteiger partial charge on any atom is -0.496 e. The number of carbonyl (C=O) groups is 1. The van der Waals surface area contributed by atoms with E-state index in [-0.39, 0.29) is 5.91 Å². The number of imidazole rings is 1. The maximum absolute atomic E-state index is 13.1. The van der Waals surface area contributed by atoms with Crippen LogP contribution in [0.2, 0.25) is 5.02 Å². The molecule has 1 saturated carbocycles. The largest absolute Gasteiger partial charge is 0.496 e. The van der Waals surface area contributed by atoms with Gasteiger partial charge in [0.05, 0.1) is 30.3 Å². The molecule has 146 valence electrons. The third-order valence-electron chi connectivity index (χ3n) is 5.48. The first-order valence-corrected chi connectivity index (χ1v) is 10.0. The SMILES string of the molecule is COc1ccc(Cl)cc1C(=O)N(C)Cc1nc2ccccc2n1C1CCCC1. The normalized spacial score (nSPS) is 14.5. The third-order valence-corrected chi connectivity index (χ3v) is 5.71. The van der Waals surface area contributed by atoms with E-state index >= 15 is 0 Å². The second-order valence-corrected chi connectivity index (χ2v) is 7.77. The van der Waals surface area contributed by atoms with Gasteiger partial charge in [0.1, 0.15) is 11.6 Å². The Hall–Kier alpha value is -2.53. The molecule has 1 heterocycles. The van der Waals surface area contributed by atoms with Crippen LogP contribution in [0.4, 0.5) is 0 Å². The summed E-state index contributed by atoms with van der Waals surface area (Å²) < 4.78 is 7.68. The number of hydrogen-bond acceptors (Lipinski definition) is 3. The second kappa shape index (κ2) is 7.84. The summed E-state index contributed by atoms with van der Waals surface area (Å²) in [6.07, 6.45) is 4.80. The number of ether oxygens (including phenoxy) is 1. The van der Waals surface area contributed by atoms with Gasteiger partial charge in [-0.1, -0.05) is 36.6 Å². The number of para-hydroxylation sites is 2. The van der Waals surface area contributed by atoms with Crippen LogP contribution in [-0.4, -0.2) is 34.5 Å². The Morgan fingerprint density at radius 2 is 2.00 bits per heavy atom. The van der Waals surface area contributed by atoms with Gasteiger partial charge in [-0.3, -0.25) is 4.79 Å². The predicted octanol–water partition coefficient (Wildman–Crippen LogP) is 5.09. The number of fused-ring (bicyclic) bond motifs is 1. The van der Waals surface area contributed by atoms with Crippen LogP contribution in [-0.2, 0) is 6.54 Å². The topological polar surface area (TPSA) is 47.4 Å². The van der Waals surface area contributed by atoms with Gasteiger partial charge in [-0.2, -0.15) is 0 Å². The van der Waals surface area contributed by atoms with Crippen molar-refractivity contribution >= 4 is 28.5 Å². The highest BCUT2D eigenvalue weighted by molar-refractivity contribution is 6.31. The van der Waals surface area contributed by atoms with Crippen LogP contribution in [0, 0.1) is 0 Å². The lowest BCUT2D eigenvalue weighted by Crippen LogP contribution is -2.28. The van der Waals surface area contributed by atoms with Crippen molar-refractivity contribution in [2.45, 2.75) is 38.3 Å². The lowest BCUT2D eigenvalue weighted by Gasteiger charge is -2.22. The fourth-order valence-electron chi connectivity index (χ4n) is 4.11. The highest BCUT2D eigenvalue weighted by Crippen LogP contribution is 2.34. The van der Waals surface area contributed by atoms with Crippen molar-refractivity contribution in [2.75, 3.05) is 14.2 Å². The molecule has 0 spiro atoms. The van der Waals surface area contributed by atoms with Crippen molar-refractivity contribution in [3.05, 3.63) is 58.9 Å². The molecule has 0 aliphatic heterocycles. The molecule has 0 bridgehead atoms. The van der Waals surface area contributed by atoms with E-state index in [4.69, 9.17) is 21.3 Å². The molecule has 0 N–H and O–H groups in total. The fraction of sp³-hybridized carbons (Fsp3) is 0.364. The molecule has 1 aliphatic rings. The van der Waals surface area contributed by atoms with E-state index in [2.05, 4.69) is 10.6 Å². The van der Waals surface area contributed by atoms with Crippen LogP contribution in [0.5, 0.6) is 5.75 Å². The summed E-state index contributed by atoms with van der Waals surface area (Å²) in [6.45, 7) is 0.430. The first-order valence-electron chi connectivity index (χ1n) is 9.63. The van der Waals surface area contributed by atoms with Gasteiger partial charge in [0.25, 0.3) is 5.91 Å². The zero-order valence-corrected chi connectivity index (χ0v) is 16.9. The van der Waals surface area contributed by atoms with E-state index in [1.54, 1.807) is 37.3 Å². The molecule has 5 nitrogen and oxygen atoms in total. The Balaban J connectivity index is 1.67. The lowest BCUT2D eigenvalue weighted by atomic mass is 10.1. The van der Waals surface area contributed by atoms with E-state index < -0.39 is 0 Å². The average molecular weight is 398 g/mol. The second-order valence-electron chi connectivity index (χ2n) is 7.33. The molecule has 1 aliphatic carbocycles. The van der Waals surface area contributed by atoms with Crippen molar-refractivity contribution in [1.82, 2.24) is 14.5 Å². The zero-order chi connectivity index (χ0) is 19.7. The average Bonchev–Trinajstić information content (AvgIpc) is 3.34. The summed E-state index contributed by atoms with van der Waals surface area (Å²) in [5.74, 6) is 1.31. The van der Waals surface area contributed by atoms with Crippen LogP contribution in [0.3, 0.4) is 0 Å². The van der Waals surface area contributed by atoms with E-state index in [0.29, 0.717) is 28.9 Å².